The first-order chi connectivity index (χ1) is 5.68. The summed E-state index contributed by atoms with van der Waals surface area (Å²) in [6.45, 7) is 4.56. The molecule has 1 atom stereocenters. The monoisotopic (exact) mass is 212 g/mol. The van der Waals surface area contributed by atoms with Gasteiger partial charge in [-0.25, -0.2) is 0 Å². The van der Waals surface area contributed by atoms with Crippen LogP contribution in [-0.2, 0) is 13.6 Å². The van der Waals surface area contributed by atoms with Gasteiger partial charge in [0.1, 0.15) is 0 Å². The summed E-state index contributed by atoms with van der Waals surface area (Å²) >= 11 is 0. The molecule has 0 aliphatic rings. The Hall–Kier alpha value is 0.580. The molecule has 0 fully saturated rings. The van der Waals surface area contributed by atoms with Crippen molar-refractivity contribution in [3.05, 3.63) is 0 Å². The Morgan fingerprint density at radius 2 is 1.75 bits per heavy atom. The van der Waals surface area contributed by atoms with Crippen LogP contribution in [0.4, 0.5) is 0 Å². The summed E-state index contributed by atoms with van der Waals surface area (Å²) in [4.78, 5) is 0. The second-order valence-corrected chi connectivity index (χ2v) is 5.08. The molecule has 0 saturated heterocycles. The van der Waals surface area contributed by atoms with Crippen molar-refractivity contribution >= 4 is 16.8 Å². The van der Waals surface area contributed by atoms with Gasteiger partial charge in [0.05, 0.1) is 19.4 Å². The lowest BCUT2D eigenvalue weighted by Gasteiger charge is -2.15. The summed E-state index contributed by atoms with van der Waals surface area (Å²) in [5, 5.41) is 0. The lowest BCUT2D eigenvalue weighted by Crippen LogP contribution is -2.00. The minimum Gasteiger partial charge on any atom is -0.309 e. The number of rotatable bonds is 7. The van der Waals surface area contributed by atoms with Crippen molar-refractivity contribution in [2.75, 3.05) is 25.5 Å². The maximum absolute atomic E-state index is 11.7. The quantitative estimate of drug-likeness (QED) is 0.608. The van der Waals surface area contributed by atoms with Crippen LogP contribution in [0.3, 0.4) is 0 Å². The van der Waals surface area contributed by atoms with Gasteiger partial charge in [-0.1, -0.05) is 0 Å². The third kappa shape index (κ3) is 5.27. The molecule has 0 rings (SSSR count). The predicted molar refractivity (Wildman–Crippen MR) is 54.9 cm³/mol. The summed E-state index contributed by atoms with van der Waals surface area (Å²) in [6, 6.07) is 0. The number of hydrogen-bond acceptors (Lipinski definition) is 3. The molecule has 0 bridgehead atoms. The lowest BCUT2D eigenvalue weighted by atomic mass is 10.6. The first-order valence-corrected chi connectivity index (χ1v) is 6.81. The molecule has 0 N–H and O–H groups in total. The van der Waals surface area contributed by atoms with E-state index in [0.29, 0.717) is 19.4 Å². The highest BCUT2D eigenvalue weighted by molar-refractivity contribution is 7.53. The van der Waals surface area contributed by atoms with Gasteiger partial charge in [0, 0.05) is 0 Å². The van der Waals surface area contributed by atoms with Crippen molar-refractivity contribution < 1.29 is 13.6 Å². The topological polar surface area (TPSA) is 35.5 Å². The van der Waals surface area contributed by atoms with E-state index in [1.165, 1.54) is 0 Å². The van der Waals surface area contributed by atoms with Crippen LogP contribution in [-0.4, -0.2) is 25.5 Å². The Balaban J connectivity index is 3.90. The van der Waals surface area contributed by atoms with Gasteiger partial charge >= 0.3 is 7.60 Å². The van der Waals surface area contributed by atoms with Crippen LogP contribution in [0.25, 0.3) is 0 Å². The molecule has 5 heteroatoms. The molecular formula is C7H18O3P2. The van der Waals surface area contributed by atoms with Crippen LogP contribution in [0.1, 0.15) is 20.3 Å². The van der Waals surface area contributed by atoms with Crippen LogP contribution < -0.4 is 0 Å². The molecule has 0 aromatic carbocycles. The van der Waals surface area contributed by atoms with Crippen molar-refractivity contribution in [1.82, 2.24) is 0 Å². The first kappa shape index (κ1) is 12.6. The summed E-state index contributed by atoms with van der Waals surface area (Å²) in [6.07, 6.45) is 2.32. The zero-order valence-electron chi connectivity index (χ0n) is 7.78. The van der Waals surface area contributed by atoms with E-state index in [-0.39, 0.29) is 0 Å². The van der Waals surface area contributed by atoms with E-state index in [1.807, 2.05) is 13.8 Å². The van der Waals surface area contributed by atoms with Crippen LogP contribution in [0.5, 0.6) is 0 Å². The number of hydrogen-bond donors (Lipinski definition) is 0. The van der Waals surface area contributed by atoms with Gasteiger partial charge in [0.15, 0.2) is 0 Å². The van der Waals surface area contributed by atoms with E-state index in [9.17, 15) is 4.57 Å². The van der Waals surface area contributed by atoms with Crippen molar-refractivity contribution in [2.24, 2.45) is 0 Å². The highest BCUT2D eigenvalue weighted by Crippen LogP contribution is 2.48. The zero-order valence-corrected chi connectivity index (χ0v) is 9.83. The SMILES string of the molecule is CCOP(=O)(CCCP)OCC. The average Bonchev–Trinajstić information content (AvgIpc) is 2.02. The third-order valence-corrected chi connectivity index (χ3v) is 3.86. The van der Waals surface area contributed by atoms with Crippen LogP contribution >= 0.6 is 16.8 Å². The molecule has 0 aliphatic carbocycles. The molecule has 0 amide bonds. The summed E-state index contributed by atoms with van der Waals surface area (Å²) in [7, 11) is -0.152. The Morgan fingerprint density at radius 3 is 2.08 bits per heavy atom. The fourth-order valence-electron chi connectivity index (χ4n) is 0.845. The van der Waals surface area contributed by atoms with Crippen molar-refractivity contribution in [1.29, 1.82) is 0 Å². The molecule has 0 aromatic heterocycles. The second-order valence-electron chi connectivity index (χ2n) is 2.31. The van der Waals surface area contributed by atoms with Gasteiger partial charge < -0.3 is 9.05 Å². The van der Waals surface area contributed by atoms with Gasteiger partial charge in [0.2, 0.25) is 0 Å². The molecule has 0 spiro atoms. The van der Waals surface area contributed by atoms with Crippen molar-refractivity contribution in [3.63, 3.8) is 0 Å². The van der Waals surface area contributed by atoms with E-state index in [2.05, 4.69) is 9.24 Å². The van der Waals surface area contributed by atoms with Crippen LogP contribution in [0.2, 0.25) is 0 Å². The molecule has 0 aliphatic heterocycles. The average molecular weight is 212 g/mol. The Kier molecular flexibility index (Phi) is 7.37. The van der Waals surface area contributed by atoms with Crippen molar-refractivity contribution in [3.8, 4) is 0 Å². The molecule has 12 heavy (non-hydrogen) atoms. The molecular weight excluding hydrogens is 194 g/mol. The highest BCUT2D eigenvalue weighted by atomic mass is 31.2. The van der Waals surface area contributed by atoms with E-state index in [1.54, 1.807) is 0 Å². The van der Waals surface area contributed by atoms with E-state index in [0.717, 1.165) is 12.6 Å². The fraction of sp³-hybridized carbons (Fsp3) is 1.00. The van der Waals surface area contributed by atoms with Gasteiger partial charge in [-0.05, 0) is 26.4 Å². The fourth-order valence-corrected chi connectivity index (χ4v) is 3.08. The Morgan fingerprint density at radius 1 is 1.25 bits per heavy atom. The molecule has 0 aromatic rings. The van der Waals surface area contributed by atoms with Gasteiger partial charge in [-0.3, -0.25) is 4.57 Å². The molecule has 3 nitrogen and oxygen atoms in total. The maximum atomic E-state index is 11.7. The van der Waals surface area contributed by atoms with Gasteiger partial charge in [0.25, 0.3) is 0 Å². The largest absolute Gasteiger partial charge is 0.330 e. The normalized spacial score (nSPS) is 11.9. The summed E-state index contributed by atoms with van der Waals surface area (Å²) in [5.41, 5.74) is 0. The minimum atomic E-state index is -2.75. The first-order valence-electron chi connectivity index (χ1n) is 4.26. The summed E-state index contributed by atoms with van der Waals surface area (Å²) in [5.74, 6) is 0. The molecule has 74 valence electrons. The zero-order chi connectivity index (χ0) is 9.45. The molecule has 0 heterocycles. The maximum Gasteiger partial charge on any atom is 0.330 e. The standard InChI is InChI=1S/C7H18O3P2/c1-3-9-12(8,10-4-2)7-5-6-11/h3-7,11H2,1-2H3. The molecule has 1 unspecified atom stereocenters. The van der Waals surface area contributed by atoms with E-state index >= 15 is 0 Å². The van der Waals surface area contributed by atoms with Gasteiger partial charge in [-0.2, -0.15) is 0 Å². The van der Waals surface area contributed by atoms with Crippen LogP contribution in [0.15, 0.2) is 0 Å². The van der Waals surface area contributed by atoms with E-state index in [4.69, 9.17) is 9.05 Å². The highest BCUT2D eigenvalue weighted by Gasteiger charge is 2.21. The Labute approximate surface area is 76.9 Å². The third-order valence-electron chi connectivity index (χ3n) is 1.29. The van der Waals surface area contributed by atoms with E-state index < -0.39 is 7.60 Å². The van der Waals surface area contributed by atoms with Crippen molar-refractivity contribution in [2.45, 2.75) is 20.3 Å². The second kappa shape index (κ2) is 7.03. The minimum absolute atomic E-state index is 0.453. The Bertz CT molecular complexity index is 140. The lowest BCUT2D eigenvalue weighted by molar-refractivity contribution is 0.220. The summed E-state index contributed by atoms with van der Waals surface area (Å²) < 4.78 is 21.9. The van der Waals surface area contributed by atoms with Crippen LogP contribution in [0, 0.1) is 0 Å². The molecule has 0 saturated carbocycles. The smallest absolute Gasteiger partial charge is 0.309 e. The molecule has 0 radical (unpaired) electrons. The predicted octanol–water partition coefficient (Wildman–Crippen LogP) is 2.52. The van der Waals surface area contributed by atoms with Gasteiger partial charge in [-0.15, -0.1) is 9.24 Å².